The van der Waals surface area contributed by atoms with E-state index in [1.165, 1.54) is 12.1 Å². The highest BCUT2D eigenvalue weighted by molar-refractivity contribution is 5.96. The topological polar surface area (TPSA) is 70.7 Å². The second-order valence-corrected chi connectivity index (χ2v) is 7.52. The van der Waals surface area contributed by atoms with E-state index < -0.39 is 11.3 Å². The third-order valence-electron chi connectivity index (χ3n) is 4.40. The van der Waals surface area contributed by atoms with E-state index in [0.29, 0.717) is 22.3 Å². The predicted octanol–water partition coefficient (Wildman–Crippen LogP) is 4.27. The SMILES string of the molecule is C#C[C@H](C(=O)Nc1nc2ccc(C#N)cc2n1-c1ccc(F)cc1)C(C)(C)C. The number of nitrogens with zero attached hydrogens (tertiary/aromatic N) is 3. The van der Waals surface area contributed by atoms with Crippen LogP contribution in [-0.2, 0) is 4.79 Å². The van der Waals surface area contributed by atoms with Crippen LogP contribution in [0.4, 0.5) is 10.3 Å². The van der Waals surface area contributed by atoms with Gasteiger partial charge in [-0.05, 0) is 47.9 Å². The molecule has 0 fully saturated rings. The molecule has 1 heterocycles. The molecule has 1 atom stereocenters. The van der Waals surface area contributed by atoms with Gasteiger partial charge in [-0.2, -0.15) is 5.26 Å². The van der Waals surface area contributed by atoms with Crippen LogP contribution in [0.2, 0.25) is 0 Å². The van der Waals surface area contributed by atoms with Crippen molar-refractivity contribution in [1.29, 1.82) is 5.26 Å². The number of fused-ring (bicyclic) bond motifs is 1. The first kappa shape index (κ1) is 19.1. The molecular weight excluding hydrogens is 355 g/mol. The molecule has 0 unspecified atom stereocenters. The summed E-state index contributed by atoms with van der Waals surface area (Å²) in [5.74, 6) is 1.40. The van der Waals surface area contributed by atoms with Crippen LogP contribution in [-0.4, -0.2) is 15.5 Å². The van der Waals surface area contributed by atoms with E-state index in [1.807, 2.05) is 20.8 Å². The second-order valence-electron chi connectivity index (χ2n) is 7.52. The van der Waals surface area contributed by atoms with Gasteiger partial charge in [-0.3, -0.25) is 14.7 Å². The van der Waals surface area contributed by atoms with E-state index in [9.17, 15) is 14.4 Å². The van der Waals surface area contributed by atoms with Gasteiger partial charge in [0, 0.05) is 5.69 Å². The molecule has 0 bridgehead atoms. The quantitative estimate of drug-likeness (QED) is 0.696. The Bertz CT molecular complexity index is 1120. The zero-order valence-electron chi connectivity index (χ0n) is 15.8. The molecule has 1 N–H and O–H groups in total. The maximum Gasteiger partial charge on any atom is 0.242 e. The second kappa shape index (κ2) is 7.17. The van der Waals surface area contributed by atoms with Crippen molar-refractivity contribution in [2.45, 2.75) is 20.8 Å². The molecule has 0 radical (unpaired) electrons. The molecule has 1 aromatic heterocycles. The number of terminal acetylenes is 1. The van der Waals surface area contributed by atoms with E-state index in [0.717, 1.165) is 0 Å². The maximum absolute atomic E-state index is 13.4. The molecule has 0 aliphatic carbocycles. The third-order valence-corrected chi connectivity index (χ3v) is 4.40. The normalized spacial score (nSPS) is 12.2. The van der Waals surface area contributed by atoms with Crippen molar-refractivity contribution in [2.24, 2.45) is 11.3 Å². The summed E-state index contributed by atoms with van der Waals surface area (Å²) in [6.07, 6.45) is 5.58. The number of anilines is 1. The fourth-order valence-electron chi connectivity index (χ4n) is 2.98. The number of imidazole rings is 1. The fraction of sp³-hybridized carbons (Fsp3) is 0.227. The van der Waals surface area contributed by atoms with Crippen molar-refractivity contribution in [3.63, 3.8) is 0 Å². The summed E-state index contributed by atoms with van der Waals surface area (Å²) < 4.78 is 15.1. The number of hydrogen-bond donors (Lipinski definition) is 1. The highest BCUT2D eigenvalue weighted by Gasteiger charge is 2.30. The Labute approximate surface area is 162 Å². The van der Waals surface area contributed by atoms with E-state index in [1.54, 1.807) is 34.9 Å². The minimum Gasteiger partial charge on any atom is -0.295 e. The average Bonchev–Trinajstić information content (AvgIpc) is 2.98. The maximum atomic E-state index is 13.4. The minimum absolute atomic E-state index is 0.256. The summed E-state index contributed by atoms with van der Waals surface area (Å²) in [6, 6.07) is 12.9. The Morgan fingerprint density at radius 2 is 1.93 bits per heavy atom. The van der Waals surface area contributed by atoms with Gasteiger partial charge in [0.25, 0.3) is 0 Å². The first-order chi connectivity index (χ1) is 13.2. The molecule has 0 aliphatic heterocycles. The first-order valence-corrected chi connectivity index (χ1v) is 8.70. The van der Waals surface area contributed by atoms with Crippen LogP contribution in [0, 0.1) is 40.8 Å². The third kappa shape index (κ3) is 3.58. The molecule has 28 heavy (non-hydrogen) atoms. The number of rotatable bonds is 3. The number of nitriles is 1. The van der Waals surface area contributed by atoms with Crippen LogP contribution in [0.15, 0.2) is 42.5 Å². The number of halogens is 1. The predicted molar refractivity (Wildman–Crippen MR) is 106 cm³/mol. The number of amides is 1. The Balaban J connectivity index is 2.15. The summed E-state index contributed by atoms with van der Waals surface area (Å²) in [7, 11) is 0. The van der Waals surface area contributed by atoms with Gasteiger partial charge in [-0.15, -0.1) is 6.42 Å². The molecule has 0 aliphatic rings. The molecule has 0 saturated carbocycles. The van der Waals surface area contributed by atoms with Gasteiger partial charge in [-0.1, -0.05) is 26.7 Å². The summed E-state index contributed by atoms with van der Waals surface area (Å²) >= 11 is 0. The lowest BCUT2D eigenvalue weighted by molar-refractivity contribution is -0.120. The van der Waals surface area contributed by atoms with Crippen molar-refractivity contribution in [1.82, 2.24) is 9.55 Å². The summed E-state index contributed by atoms with van der Waals surface area (Å²) in [5.41, 5.74) is 1.83. The van der Waals surface area contributed by atoms with Gasteiger partial charge in [0.05, 0.1) is 22.7 Å². The molecule has 5 nitrogen and oxygen atoms in total. The number of nitrogens with one attached hydrogen (secondary N) is 1. The highest BCUT2D eigenvalue weighted by atomic mass is 19.1. The molecular formula is C22H19FN4O. The number of hydrogen-bond acceptors (Lipinski definition) is 3. The van der Waals surface area contributed by atoms with E-state index in [4.69, 9.17) is 6.42 Å². The Kier molecular flexibility index (Phi) is 4.90. The monoisotopic (exact) mass is 374 g/mol. The Morgan fingerprint density at radius 1 is 1.25 bits per heavy atom. The van der Waals surface area contributed by atoms with Crippen LogP contribution >= 0.6 is 0 Å². The lowest BCUT2D eigenvalue weighted by Gasteiger charge is -2.25. The van der Waals surface area contributed by atoms with Crippen LogP contribution < -0.4 is 5.32 Å². The van der Waals surface area contributed by atoms with E-state index >= 15 is 0 Å². The van der Waals surface area contributed by atoms with E-state index in [-0.39, 0.29) is 17.7 Å². The molecule has 3 aromatic rings. The fourth-order valence-corrected chi connectivity index (χ4v) is 2.98. The molecule has 140 valence electrons. The lowest BCUT2D eigenvalue weighted by Crippen LogP contribution is -2.32. The minimum atomic E-state index is -0.663. The largest absolute Gasteiger partial charge is 0.295 e. The van der Waals surface area contributed by atoms with Crippen molar-refractivity contribution in [3.05, 3.63) is 53.8 Å². The van der Waals surface area contributed by atoms with Crippen LogP contribution in [0.5, 0.6) is 0 Å². The zero-order chi connectivity index (χ0) is 20.5. The van der Waals surface area contributed by atoms with Gasteiger partial charge < -0.3 is 0 Å². The van der Waals surface area contributed by atoms with Gasteiger partial charge >= 0.3 is 0 Å². The van der Waals surface area contributed by atoms with Crippen LogP contribution in [0.25, 0.3) is 16.7 Å². The molecule has 6 heteroatoms. The van der Waals surface area contributed by atoms with E-state index in [2.05, 4.69) is 22.3 Å². The molecule has 0 spiro atoms. The summed E-state index contributed by atoms with van der Waals surface area (Å²) in [6.45, 7) is 5.66. The number of aromatic nitrogens is 2. The molecule has 2 aromatic carbocycles. The van der Waals surface area contributed by atoms with Gasteiger partial charge in [-0.25, -0.2) is 9.37 Å². The Morgan fingerprint density at radius 3 is 2.50 bits per heavy atom. The average molecular weight is 374 g/mol. The van der Waals surface area contributed by atoms with Crippen LogP contribution in [0.3, 0.4) is 0 Å². The molecule has 0 saturated heterocycles. The van der Waals surface area contributed by atoms with Gasteiger partial charge in [0.15, 0.2) is 0 Å². The number of carbonyl (C=O) groups excluding carboxylic acids is 1. The first-order valence-electron chi connectivity index (χ1n) is 8.70. The van der Waals surface area contributed by atoms with Crippen LogP contribution in [0.1, 0.15) is 26.3 Å². The standard InChI is InChI=1S/C22H19FN4O/c1-5-17(22(2,3)4)20(28)26-21-25-18-11-6-14(13-24)12-19(18)27(21)16-9-7-15(23)8-10-16/h1,6-12,17H,2-4H3,(H,25,26,28)/t17-/m1/s1. The van der Waals surface area contributed by atoms with Gasteiger partial charge in [0.2, 0.25) is 11.9 Å². The Hall–Kier alpha value is -3.64. The molecule has 3 rings (SSSR count). The highest BCUT2D eigenvalue weighted by Crippen LogP contribution is 2.29. The zero-order valence-corrected chi connectivity index (χ0v) is 15.8. The lowest BCUT2D eigenvalue weighted by atomic mass is 9.81. The number of carbonyl (C=O) groups is 1. The summed E-state index contributed by atoms with van der Waals surface area (Å²) in [5, 5.41) is 12.0. The summed E-state index contributed by atoms with van der Waals surface area (Å²) in [4.78, 5) is 17.3. The van der Waals surface area contributed by atoms with Gasteiger partial charge in [0.1, 0.15) is 11.7 Å². The molecule has 1 amide bonds. The smallest absolute Gasteiger partial charge is 0.242 e. The van der Waals surface area contributed by atoms with Crippen molar-refractivity contribution >= 4 is 22.9 Å². The van der Waals surface area contributed by atoms with Crippen molar-refractivity contribution in [2.75, 3.05) is 5.32 Å². The number of benzene rings is 2. The van der Waals surface area contributed by atoms with Crippen molar-refractivity contribution in [3.8, 4) is 24.1 Å². The van der Waals surface area contributed by atoms with Crippen molar-refractivity contribution < 1.29 is 9.18 Å².